The van der Waals surface area contributed by atoms with Gasteiger partial charge in [-0.2, -0.15) is 0 Å². The molecular weight excluding hydrogens is 398 g/mol. The summed E-state index contributed by atoms with van der Waals surface area (Å²) in [5.74, 6) is -0.204. The van der Waals surface area contributed by atoms with Crippen molar-refractivity contribution in [2.45, 2.75) is 26.9 Å². The van der Waals surface area contributed by atoms with Gasteiger partial charge in [0.1, 0.15) is 0 Å². The van der Waals surface area contributed by atoms with E-state index >= 15 is 0 Å². The van der Waals surface area contributed by atoms with Crippen molar-refractivity contribution < 1.29 is 35.9 Å². The first-order valence-electron chi connectivity index (χ1n) is 8.32. The molecular formula is C19H22BrN3O3. The monoisotopic (exact) mass is 419 g/mol. The Balaban J connectivity index is 0.00000243. The van der Waals surface area contributed by atoms with Gasteiger partial charge in [-0.3, -0.25) is 14.4 Å². The van der Waals surface area contributed by atoms with E-state index in [9.17, 15) is 14.4 Å². The fourth-order valence-corrected chi connectivity index (χ4v) is 3.10. The maximum Gasteiger partial charge on any atom is 0.264 e. The highest BCUT2D eigenvalue weighted by Gasteiger charge is 2.41. The molecule has 0 saturated heterocycles. The van der Waals surface area contributed by atoms with Gasteiger partial charge in [-0.25, -0.2) is 9.13 Å². The molecule has 1 amide bonds. The second-order valence-electron chi connectivity index (χ2n) is 6.98. The first-order valence-corrected chi connectivity index (χ1v) is 8.32. The maximum atomic E-state index is 13.0. The summed E-state index contributed by atoms with van der Waals surface area (Å²) >= 11 is 0. The third-order valence-electron chi connectivity index (χ3n) is 4.29. The molecule has 0 aliphatic heterocycles. The second kappa shape index (κ2) is 7.53. The maximum absolute atomic E-state index is 13.0. The van der Waals surface area contributed by atoms with Gasteiger partial charge in [0.05, 0.1) is 6.54 Å². The van der Waals surface area contributed by atoms with E-state index in [1.54, 1.807) is 53.8 Å². The average Bonchev–Trinajstić information content (AvgIpc) is 2.90. The second-order valence-corrected chi connectivity index (χ2v) is 6.98. The van der Waals surface area contributed by atoms with E-state index in [2.05, 4.69) is 0 Å². The molecule has 0 bridgehead atoms. The number of hydrogen-bond acceptors (Lipinski definition) is 3. The standard InChI is InChI=1S/C19H22N3O3.BrH/c1-12(2)9-21-11-22(10-15(23)20(3)4)17-16(21)18(24)13-7-5-6-8-14(13)19(17)25;/h5-8,11-12H,9-10H2,1-4H3;1H/q+1;/p-1. The molecule has 3 rings (SSSR count). The van der Waals surface area contributed by atoms with Crippen LogP contribution in [0.25, 0.3) is 0 Å². The van der Waals surface area contributed by atoms with E-state index in [1.807, 2.05) is 13.8 Å². The van der Waals surface area contributed by atoms with Gasteiger partial charge in [-0.05, 0) is 5.92 Å². The summed E-state index contributed by atoms with van der Waals surface area (Å²) in [4.78, 5) is 39.7. The summed E-state index contributed by atoms with van der Waals surface area (Å²) in [7, 11) is 3.34. The molecule has 26 heavy (non-hydrogen) atoms. The molecule has 1 aromatic carbocycles. The van der Waals surface area contributed by atoms with Gasteiger partial charge in [-0.1, -0.05) is 38.1 Å². The zero-order valence-electron chi connectivity index (χ0n) is 15.3. The smallest absolute Gasteiger partial charge is 0.264 e. The molecule has 1 aliphatic rings. The van der Waals surface area contributed by atoms with Gasteiger partial charge in [-0.15, -0.1) is 0 Å². The summed E-state index contributed by atoms with van der Waals surface area (Å²) in [6.07, 6.45) is 1.72. The molecule has 0 spiro atoms. The summed E-state index contributed by atoms with van der Waals surface area (Å²) in [5, 5.41) is 0. The number of amides is 1. The molecule has 0 fully saturated rings. The lowest BCUT2D eigenvalue weighted by Gasteiger charge is -2.14. The summed E-state index contributed by atoms with van der Waals surface area (Å²) in [6, 6.07) is 6.85. The minimum atomic E-state index is -0.209. The zero-order valence-corrected chi connectivity index (χ0v) is 16.9. The van der Waals surface area contributed by atoms with Crippen LogP contribution in [0.1, 0.15) is 46.0 Å². The van der Waals surface area contributed by atoms with E-state index in [0.717, 1.165) is 0 Å². The Hall–Kier alpha value is -2.28. The Morgan fingerprint density at radius 3 is 2.23 bits per heavy atom. The molecule has 0 N–H and O–H groups in total. The van der Waals surface area contributed by atoms with E-state index in [4.69, 9.17) is 0 Å². The Kier molecular flexibility index (Phi) is 5.81. The van der Waals surface area contributed by atoms with Crippen molar-refractivity contribution in [3.05, 3.63) is 53.1 Å². The molecule has 0 saturated carbocycles. The Bertz CT molecular complexity index is 884. The van der Waals surface area contributed by atoms with Crippen LogP contribution in [-0.2, 0) is 17.9 Å². The largest absolute Gasteiger partial charge is 1.00 e. The van der Waals surface area contributed by atoms with Crippen molar-refractivity contribution in [2.75, 3.05) is 14.1 Å². The number of nitrogens with zero attached hydrogens (tertiary/aromatic N) is 3. The highest BCUT2D eigenvalue weighted by atomic mass is 79.9. The lowest BCUT2D eigenvalue weighted by Crippen LogP contribution is -3.00. The average molecular weight is 420 g/mol. The molecule has 138 valence electrons. The van der Waals surface area contributed by atoms with Crippen LogP contribution in [0.3, 0.4) is 0 Å². The molecule has 1 aliphatic carbocycles. The van der Waals surface area contributed by atoms with Gasteiger partial charge < -0.3 is 21.9 Å². The first-order chi connectivity index (χ1) is 11.8. The third kappa shape index (κ3) is 3.35. The van der Waals surface area contributed by atoms with Gasteiger partial charge in [0.25, 0.3) is 5.91 Å². The van der Waals surface area contributed by atoms with Crippen LogP contribution in [-0.4, -0.2) is 41.0 Å². The lowest BCUT2D eigenvalue weighted by atomic mass is 9.90. The quantitative estimate of drug-likeness (QED) is 0.473. The number of carbonyl (C=O) groups excluding carboxylic acids is 3. The number of fused-ring (bicyclic) bond motifs is 2. The van der Waals surface area contributed by atoms with Crippen molar-refractivity contribution in [1.29, 1.82) is 0 Å². The van der Waals surface area contributed by atoms with Crippen LogP contribution in [0.2, 0.25) is 0 Å². The predicted octanol–water partition coefficient (Wildman–Crippen LogP) is -1.70. The normalized spacial score (nSPS) is 12.5. The number of aromatic nitrogens is 2. The minimum Gasteiger partial charge on any atom is -1.00 e. The molecule has 2 aromatic rings. The number of halogens is 1. The Morgan fingerprint density at radius 1 is 1.12 bits per heavy atom. The number of imidazole rings is 1. The summed E-state index contributed by atoms with van der Waals surface area (Å²) < 4.78 is 3.41. The topological polar surface area (TPSA) is 63.3 Å². The number of ketones is 2. The third-order valence-corrected chi connectivity index (χ3v) is 4.29. The van der Waals surface area contributed by atoms with Crippen LogP contribution in [0, 0.1) is 5.92 Å². The van der Waals surface area contributed by atoms with Gasteiger partial charge in [0.15, 0.2) is 6.54 Å². The van der Waals surface area contributed by atoms with Crippen molar-refractivity contribution in [3.63, 3.8) is 0 Å². The number of rotatable bonds is 4. The zero-order chi connectivity index (χ0) is 18.3. The van der Waals surface area contributed by atoms with Crippen LogP contribution in [0.15, 0.2) is 30.6 Å². The SMILES string of the molecule is CC(C)Cn1c[n+](CC(=O)N(C)C)c2c1C(=O)c1ccccc1C2=O.[Br-]. The van der Waals surface area contributed by atoms with Crippen molar-refractivity contribution in [1.82, 2.24) is 9.47 Å². The van der Waals surface area contributed by atoms with Gasteiger partial charge in [0.2, 0.25) is 29.3 Å². The molecule has 6 nitrogen and oxygen atoms in total. The van der Waals surface area contributed by atoms with E-state index in [1.165, 1.54) is 4.90 Å². The highest BCUT2D eigenvalue weighted by Crippen LogP contribution is 2.26. The van der Waals surface area contributed by atoms with E-state index in [0.29, 0.717) is 35.0 Å². The number of benzene rings is 1. The number of likely N-dealkylation sites (N-methyl/N-ethyl adjacent to an activating group) is 1. The predicted molar refractivity (Wildman–Crippen MR) is 91.5 cm³/mol. The number of hydrogen-bond donors (Lipinski definition) is 0. The fraction of sp³-hybridized carbons (Fsp3) is 0.368. The van der Waals surface area contributed by atoms with Crippen molar-refractivity contribution in [3.8, 4) is 0 Å². The summed E-state index contributed by atoms with van der Waals surface area (Å²) in [6.45, 7) is 4.73. The Morgan fingerprint density at radius 2 is 1.69 bits per heavy atom. The molecule has 0 atom stereocenters. The van der Waals surface area contributed by atoms with Crippen molar-refractivity contribution in [2.24, 2.45) is 5.92 Å². The number of carbonyl (C=O) groups is 3. The fourth-order valence-electron chi connectivity index (χ4n) is 3.10. The molecule has 1 aromatic heterocycles. The van der Waals surface area contributed by atoms with E-state index in [-0.39, 0.29) is 41.0 Å². The Labute approximate surface area is 163 Å². The van der Waals surface area contributed by atoms with Crippen LogP contribution in [0.5, 0.6) is 0 Å². The first kappa shape index (κ1) is 20.0. The van der Waals surface area contributed by atoms with Crippen LogP contribution < -0.4 is 21.5 Å². The highest BCUT2D eigenvalue weighted by molar-refractivity contribution is 6.26. The van der Waals surface area contributed by atoms with Crippen molar-refractivity contribution >= 4 is 17.5 Å². The molecule has 0 unspecified atom stereocenters. The summed E-state index contributed by atoms with van der Waals surface area (Å²) in [5.41, 5.74) is 1.51. The molecule has 0 radical (unpaired) electrons. The lowest BCUT2D eigenvalue weighted by molar-refractivity contribution is -0.686. The van der Waals surface area contributed by atoms with Crippen LogP contribution in [0.4, 0.5) is 0 Å². The molecule has 1 heterocycles. The van der Waals surface area contributed by atoms with Crippen LogP contribution >= 0.6 is 0 Å². The van der Waals surface area contributed by atoms with Gasteiger partial charge >= 0.3 is 0 Å². The van der Waals surface area contributed by atoms with E-state index < -0.39 is 0 Å². The minimum absolute atomic E-state index is 0. The van der Waals surface area contributed by atoms with Gasteiger partial charge in [0, 0.05) is 25.2 Å². The molecule has 7 heteroatoms.